The number of hydrogen-bond donors (Lipinski definition) is 1. The maximum Gasteiger partial charge on any atom is 0.184 e. The summed E-state index contributed by atoms with van der Waals surface area (Å²) in [5.41, 5.74) is 2.40. The highest BCUT2D eigenvalue weighted by atomic mass is 32.1. The van der Waals surface area contributed by atoms with E-state index in [1.165, 1.54) is 23.1 Å². The highest BCUT2D eigenvalue weighted by Crippen LogP contribution is 2.31. The number of fused-ring (bicyclic) bond motifs is 1. The smallest absolute Gasteiger partial charge is 0.184 e. The van der Waals surface area contributed by atoms with E-state index in [1.54, 1.807) is 11.3 Å². The predicted octanol–water partition coefficient (Wildman–Crippen LogP) is 3.18. The molecule has 0 aliphatic heterocycles. The summed E-state index contributed by atoms with van der Waals surface area (Å²) in [6, 6.07) is 7.13. The van der Waals surface area contributed by atoms with E-state index in [1.807, 2.05) is 0 Å². The summed E-state index contributed by atoms with van der Waals surface area (Å²) in [4.78, 5) is 4.56. The lowest BCUT2D eigenvalue weighted by Gasteiger charge is -1.94. The van der Waals surface area contributed by atoms with E-state index in [0.29, 0.717) is 6.04 Å². The van der Waals surface area contributed by atoms with Crippen LogP contribution in [0.4, 0.5) is 5.13 Å². The number of aryl methyl sites for hydroxylation is 1. The molecule has 3 heteroatoms. The van der Waals surface area contributed by atoms with Gasteiger partial charge in [-0.1, -0.05) is 17.4 Å². The molecule has 1 saturated carbocycles. The van der Waals surface area contributed by atoms with Gasteiger partial charge in [0.1, 0.15) is 0 Å². The average molecular weight is 204 g/mol. The average Bonchev–Trinajstić information content (AvgIpc) is 2.84. The first-order valence-electron chi connectivity index (χ1n) is 4.95. The first kappa shape index (κ1) is 8.24. The molecule has 3 rings (SSSR count). The standard InChI is InChI=1S/C11H12N2S/c1-7-2-5-10-9(6-7)13-11(14-10)12-8-3-4-8/h2,5-6,8H,3-4H2,1H3,(H,12,13). The topological polar surface area (TPSA) is 24.9 Å². The lowest BCUT2D eigenvalue weighted by Crippen LogP contribution is -1.99. The number of anilines is 1. The van der Waals surface area contributed by atoms with E-state index in [4.69, 9.17) is 0 Å². The van der Waals surface area contributed by atoms with Gasteiger partial charge in [0.05, 0.1) is 10.2 Å². The molecule has 0 amide bonds. The van der Waals surface area contributed by atoms with Crippen molar-refractivity contribution in [2.75, 3.05) is 5.32 Å². The van der Waals surface area contributed by atoms with Crippen molar-refractivity contribution in [3.05, 3.63) is 23.8 Å². The minimum absolute atomic E-state index is 0.691. The number of hydrogen-bond acceptors (Lipinski definition) is 3. The zero-order valence-electron chi connectivity index (χ0n) is 8.08. The Labute approximate surface area is 87.0 Å². The first-order valence-corrected chi connectivity index (χ1v) is 5.77. The van der Waals surface area contributed by atoms with Crippen molar-refractivity contribution in [1.82, 2.24) is 4.98 Å². The van der Waals surface area contributed by atoms with Crippen molar-refractivity contribution >= 4 is 26.7 Å². The van der Waals surface area contributed by atoms with Crippen LogP contribution < -0.4 is 5.32 Å². The van der Waals surface area contributed by atoms with Gasteiger partial charge in [0, 0.05) is 6.04 Å². The van der Waals surface area contributed by atoms with E-state index in [0.717, 1.165) is 10.6 Å². The third kappa shape index (κ3) is 1.48. The van der Waals surface area contributed by atoms with Gasteiger partial charge >= 0.3 is 0 Å². The molecule has 2 nitrogen and oxygen atoms in total. The molecule has 1 N–H and O–H groups in total. The van der Waals surface area contributed by atoms with Gasteiger partial charge in [-0.15, -0.1) is 0 Å². The van der Waals surface area contributed by atoms with Crippen LogP contribution in [0, 0.1) is 6.92 Å². The van der Waals surface area contributed by atoms with E-state index < -0.39 is 0 Å². The Kier molecular flexibility index (Phi) is 1.74. The molecule has 0 unspecified atom stereocenters. The molecule has 0 spiro atoms. The van der Waals surface area contributed by atoms with Crippen LogP contribution in [0.5, 0.6) is 0 Å². The van der Waals surface area contributed by atoms with E-state index in [9.17, 15) is 0 Å². The fraction of sp³-hybridized carbons (Fsp3) is 0.364. The van der Waals surface area contributed by atoms with Crippen LogP contribution in [-0.4, -0.2) is 11.0 Å². The van der Waals surface area contributed by atoms with Crippen molar-refractivity contribution in [3.63, 3.8) is 0 Å². The van der Waals surface area contributed by atoms with Crippen LogP contribution >= 0.6 is 11.3 Å². The molecule has 2 aromatic rings. The zero-order chi connectivity index (χ0) is 9.54. The van der Waals surface area contributed by atoms with Crippen LogP contribution in [0.1, 0.15) is 18.4 Å². The lowest BCUT2D eigenvalue weighted by molar-refractivity contribution is 1.14. The minimum atomic E-state index is 0.691. The molecule has 0 bridgehead atoms. The van der Waals surface area contributed by atoms with Gasteiger partial charge in [-0.3, -0.25) is 0 Å². The summed E-state index contributed by atoms with van der Waals surface area (Å²) in [5.74, 6) is 0. The Hall–Kier alpha value is -1.09. The van der Waals surface area contributed by atoms with Crippen LogP contribution in [0.3, 0.4) is 0 Å². The fourth-order valence-corrected chi connectivity index (χ4v) is 2.42. The number of nitrogens with one attached hydrogen (secondary N) is 1. The molecule has 1 fully saturated rings. The summed E-state index contributed by atoms with van der Waals surface area (Å²) >= 11 is 1.75. The Bertz CT molecular complexity index is 471. The molecule has 14 heavy (non-hydrogen) atoms. The van der Waals surface area contributed by atoms with Gasteiger partial charge < -0.3 is 5.32 Å². The monoisotopic (exact) mass is 204 g/mol. The van der Waals surface area contributed by atoms with Gasteiger partial charge in [0.25, 0.3) is 0 Å². The number of nitrogens with zero attached hydrogens (tertiary/aromatic N) is 1. The Balaban J connectivity index is 2.01. The molecule has 1 aromatic heterocycles. The number of thiazole rings is 1. The number of benzene rings is 1. The van der Waals surface area contributed by atoms with Crippen molar-refractivity contribution in [2.45, 2.75) is 25.8 Å². The summed E-state index contributed by atoms with van der Waals surface area (Å²) in [7, 11) is 0. The predicted molar refractivity (Wildman–Crippen MR) is 61.0 cm³/mol. The van der Waals surface area contributed by atoms with Crippen LogP contribution in [0.25, 0.3) is 10.2 Å². The second-order valence-electron chi connectivity index (χ2n) is 3.91. The fourth-order valence-electron chi connectivity index (χ4n) is 1.50. The first-order chi connectivity index (χ1) is 6.81. The molecular formula is C11H12N2S. The summed E-state index contributed by atoms with van der Waals surface area (Å²) in [6.07, 6.45) is 2.60. The van der Waals surface area contributed by atoms with Crippen molar-refractivity contribution < 1.29 is 0 Å². The third-order valence-corrected chi connectivity index (χ3v) is 3.42. The van der Waals surface area contributed by atoms with Gasteiger partial charge in [-0.2, -0.15) is 0 Å². The summed E-state index contributed by atoms with van der Waals surface area (Å²) in [5, 5.41) is 4.51. The van der Waals surface area contributed by atoms with Crippen LogP contribution in [-0.2, 0) is 0 Å². The van der Waals surface area contributed by atoms with Crippen molar-refractivity contribution in [3.8, 4) is 0 Å². The van der Waals surface area contributed by atoms with Crippen LogP contribution in [0.2, 0.25) is 0 Å². The molecule has 0 radical (unpaired) electrons. The molecule has 1 aliphatic rings. The van der Waals surface area contributed by atoms with E-state index in [-0.39, 0.29) is 0 Å². The quantitative estimate of drug-likeness (QED) is 0.812. The largest absolute Gasteiger partial charge is 0.359 e. The maximum atomic E-state index is 4.56. The van der Waals surface area contributed by atoms with Gasteiger partial charge in [-0.05, 0) is 37.5 Å². The molecule has 72 valence electrons. The Morgan fingerprint density at radius 2 is 2.29 bits per heavy atom. The highest BCUT2D eigenvalue weighted by molar-refractivity contribution is 7.22. The van der Waals surface area contributed by atoms with Crippen molar-refractivity contribution in [2.24, 2.45) is 0 Å². The molecule has 1 aromatic carbocycles. The molecule has 1 aliphatic carbocycles. The second-order valence-corrected chi connectivity index (χ2v) is 4.94. The van der Waals surface area contributed by atoms with E-state index >= 15 is 0 Å². The lowest BCUT2D eigenvalue weighted by atomic mass is 10.2. The van der Waals surface area contributed by atoms with Crippen molar-refractivity contribution in [1.29, 1.82) is 0 Å². The molecule has 0 saturated heterocycles. The Morgan fingerprint density at radius 3 is 3.07 bits per heavy atom. The van der Waals surface area contributed by atoms with E-state index in [2.05, 4.69) is 35.4 Å². The summed E-state index contributed by atoms with van der Waals surface area (Å²) < 4.78 is 1.28. The summed E-state index contributed by atoms with van der Waals surface area (Å²) in [6.45, 7) is 2.10. The van der Waals surface area contributed by atoms with Crippen LogP contribution in [0.15, 0.2) is 18.2 Å². The molecular weight excluding hydrogens is 192 g/mol. The number of rotatable bonds is 2. The molecule has 1 heterocycles. The molecule has 0 atom stereocenters. The number of aromatic nitrogens is 1. The zero-order valence-corrected chi connectivity index (χ0v) is 8.90. The minimum Gasteiger partial charge on any atom is -0.359 e. The highest BCUT2D eigenvalue weighted by Gasteiger charge is 2.22. The van der Waals surface area contributed by atoms with Gasteiger partial charge in [-0.25, -0.2) is 4.98 Å². The second kappa shape index (κ2) is 2.95. The normalized spacial score (nSPS) is 16.1. The Morgan fingerprint density at radius 1 is 1.43 bits per heavy atom. The van der Waals surface area contributed by atoms with Gasteiger partial charge in [0.15, 0.2) is 5.13 Å². The third-order valence-electron chi connectivity index (χ3n) is 2.45. The SMILES string of the molecule is Cc1ccc2sc(NC3CC3)nc2c1. The maximum absolute atomic E-state index is 4.56. The van der Waals surface area contributed by atoms with Gasteiger partial charge in [0.2, 0.25) is 0 Å².